The molecule has 7 heteroatoms. The number of amides is 1. The molecule has 2 aromatic rings. The molecule has 2 aliphatic rings. The van der Waals surface area contributed by atoms with Crippen LogP contribution in [0.15, 0.2) is 18.2 Å². The lowest BCUT2D eigenvalue weighted by Crippen LogP contribution is -2.47. The fourth-order valence-electron chi connectivity index (χ4n) is 5.60. The van der Waals surface area contributed by atoms with E-state index in [2.05, 4.69) is 36.0 Å². The summed E-state index contributed by atoms with van der Waals surface area (Å²) >= 11 is 0. The summed E-state index contributed by atoms with van der Waals surface area (Å²) in [6.45, 7) is 8.14. The van der Waals surface area contributed by atoms with Crippen LogP contribution in [0, 0.1) is 10.8 Å². The standard InChI is InChI=1S/C22H29N3O4/c1-21(2)11-22(3)9-16(21)25(12-22)10-17(26)24-18-14-7-6-13(28-4)8-15(14)23-19(18)20(27)29-5/h6-8,16,23H,9-12H2,1-5H3,(H,24,26)/t16-,22-/m0/s1. The van der Waals surface area contributed by atoms with Crippen molar-refractivity contribution in [3.63, 3.8) is 0 Å². The zero-order valence-corrected chi connectivity index (χ0v) is 17.7. The molecule has 156 valence electrons. The maximum absolute atomic E-state index is 12.9. The Morgan fingerprint density at radius 1 is 1.28 bits per heavy atom. The van der Waals surface area contributed by atoms with E-state index < -0.39 is 5.97 Å². The first-order valence-electron chi connectivity index (χ1n) is 9.98. The Hall–Kier alpha value is -2.54. The van der Waals surface area contributed by atoms with Gasteiger partial charge in [-0.25, -0.2) is 4.79 Å². The van der Waals surface area contributed by atoms with Crippen molar-refractivity contribution in [1.82, 2.24) is 9.88 Å². The molecule has 1 amide bonds. The molecule has 0 radical (unpaired) electrons. The second kappa shape index (κ2) is 6.76. The number of aromatic nitrogens is 1. The number of fused-ring (bicyclic) bond motifs is 3. The quantitative estimate of drug-likeness (QED) is 0.753. The fourth-order valence-corrected chi connectivity index (χ4v) is 5.60. The molecule has 1 aliphatic heterocycles. The number of ether oxygens (including phenoxy) is 2. The molecule has 1 saturated heterocycles. The number of nitrogens with one attached hydrogen (secondary N) is 2. The molecule has 2 atom stereocenters. The van der Waals surface area contributed by atoms with Crippen molar-refractivity contribution in [1.29, 1.82) is 0 Å². The zero-order chi connectivity index (χ0) is 21.0. The minimum atomic E-state index is -0.524. The number of nitrogens with zero attached hydrogens (tertiary/aromatic N) is 1. The molecule has 29 heavy (non-hydrogen) atoms. The molecule has 2 heterocycles. The molecule has 1 aromatic heterocycles. The van der Waals surface area contributed by atoms with E-state index in [0.29, 0.717) is 29.5 Å². The number of carbonyl (C=O) groups excluding carboxylic acids is 2. The average Bonchev–Trinajstić information content (AvgIpc) is 3.25. The van der Waals surface area contributed by atoms with Crippen LogP contribution >= 0.6 is 0 Å². The number of rotatable bonds is 5. The van der Waals surface area contributed by atoms with Gasteiger partial charge in [-0.2, -0.15) is 0 Å². The third kappa shape index (κ3) is 3.37. The van der Waals surface area contributed by atoms with Crippen LogP contribution in [0.25, 0.3) is 10.9 Å². The Labute approximate surface area is 170 Å². The average molecular weight is 399 g/mol. The molecular formula is C22H29N3O4. The van der Waals surface area contributed by atoms with Crippen LogP contribution in [0.5, 0.6) is 5.75 Å². The highest BCUT2D eigenvalue weighted by Crippen LogP contribution is 2.56. The maximum atomic E-state index is 12.9. The number of hydrogen-bond donors (Lipinski definition) is 2. The van der Waals surface area contributed by atoms with Gasteiger partial charge in [0.2, 0.25) is 5.91 Å². The lowest BCUT2D eigenvalue weighted by Gasteiger charge is -2.40. The molecule has 1 aromatic carbocycles. The van der Waals surface area contributed by atoms with Gasteiger partial charge < -0.3 is 19.8 Å². The number of carbonyl (C=O) groups is 2. The topological polar surface area (TPSA) is 83.7 Å². The summed E-state index contributed by atoms with van der Waals surface area (Å²) in [7, 11) is 2.91. The van der Waals surface area contributed by atoms with Gasteiger partial charge in [0.05, 0.1) is 32.0 Å². The summed E-state index contributed by atoms with van der Waals surface area (Å²) < 4.78 is 10.2. The summed E-state index contributed by atoms with van der Waals surface area (Å²) in [4.78, 5) is 30.6. The molecule has 2 bridgehead atoms. The third-order valence-corrected chi connectivity index (χ3v) is 6.50. The van der Waals surface area contributed by atoms with Gasteiger partial charge in [-0.3, -0.25) is 9.69 Å². The summed E-state index contributed by atoms with van der Waals surface area (Å²) in [5, 5.41) is 3.70. The van der Waals surface area contributed by atoms with Crippen LogP contribution in [0.2, 0.25) is 0 Å². The van der Waals surface area contributed by atoms with Gasteiger partial charge in [0.15, 0.2) is 0 Å². The number of esters is 1. The highest BCUT2D eigenvalue weighted by atomic mass is 16.5. The Morgan fingerprint density at radius 2 is 2.03 bits per heavy atom. The highest BCUT2D eigenvalue weighted by Gasteiger charge is 2.55. The number of methoxy groups -OCH3 is 2. The van der Waals surface area contributed by atoms with E-state index in [1.165, 1.54) is 13.5 Å². The summed E-state index contributed by atoms with van der Waals surface area (Å²) in [6, 6.07) is 5.83. The van der Waals surface area contributed by atoms with E-state index in [9.17, 15) is 9.59 Å². The van der Waals surface area contributed by atoms with Gasteiger partial charge in [-0.15, -0.1) is 0 Å². The van der Waals surface area contributed by atoms with E-state index in [-0.39, 0.29) is 22.4 Å². The van der Waals surface area contributed by atoms with Gasteiger partial charge in [-0.1, -0.05) is 20.8 Å². The minimum Gasteiger partial charge on any atom is -0.497 e. The van der Waals surface area contributed by atoms with Crippen LogP contribution in [0.1, 0.15) is 44.1 Å². The zero-order valence-electron chi connectivity index (χ0n) is 17.7. The lowest BCUT2D eigenvalue weighted by atomic mass is 9.79. The minimum absolute atomic E-state index is 0.126. The predicted octanol–water partition coefficient (Wildman–Crippen LogP) is 3.41. The van der Waals surface area contributed by atoms with Crippen molar-refractivity contribution in [3.05, 3.63) is 23.9 Å². The predicted molar refractivity (Wildman–Crippen MR) is 111 cm³/mol. The summed E-state index contributed by atoms with van der Waals surface area (Å²) in [5.41, 5.74) is 1.88. The van der Waals surface area contributed by atoms with E-state index in [4.69, 9.17) is 9.47 Å². The van der Waals surface area contributed by atoms with E-state index >= 15 is 0 Å². The summed E-state index contributed by atoms with van der Waals surface area (Å²) in [6.07, 6.45) is 2.33. The van der Waals surface area contributed by atoms with Crippen molar-refractivity contribution in [2.24, 2.45) is 10.8 Å². The van der Waals surface area contributed by atoms with Crippen molar-refractivity contribution in [2.75, 3.05) is 32.6 Å². The van der Waals surface area contributed by atoms with E-state index in [1.54, 1.807) is 19.2 Å². The first kappa shape index (κ1) is 19.8. The molecule has 4 rings (SSSR count). The Balaban J connectivity index is 1.59. The van der Waals surface area contributed by atoms with Crippen molar-refractivity contribution in [3.8, 4) is 5.75 Å². The van der Waals surface area contributed by atoms with Crippen LogP contribution in [-0.2, 0) is 9.53 Å². The van der Waals surface area contributed by atoms with Crippen molar-refractivity contribution >= 4 is 28.5 Å². The first-order valence-corrected chi connectivity index (χ1v) is 9.98. The number of benzene rings is 1. The maximum Gasteiger partial charge on any atom is 0.356 e. The number of hydrogen-bond acceptors (Lipinski definition) is 5. The van der Waals surface area contributed by atoms with E-state index in [1.807, 2.05) is 6.07 Å². The second-order valence-electron chi connectivity index (χ2n) is 9.43. The Morgan fingerprint density at radius 3 is 2.66 bits per heavy atom. The third-order valence-electron chi connectivity index (χ3n) is 6.50. The van der Waals surface area contributed by atoms with Crippen LogP contribution < -0.4 is 10.1 Å². The number of piperidine rings is 1. The van der Waals surface area contributed by atoms with Gasteiger partial charge in [-0.05, 0) is 35.8 Å². The van der Waals surface area contributed by atoms with Gasteiger partial charge >= 0.3 is 5.97 Å². The largest absolute Gasteiger partial charge is 0.497 e. The number of aromatic amines is 1. The normalized spacial score (nSPS) is 25.3. The van der Waals surface area contributed by atoms with Crippen LogP contribution in [0.3, 0.4) is 0 Å². The molecule has 2 N–H and O–H groups in total. The first-order chi connectivity index (χ1) is 13.7. The van der Waals surface area contributed by atoms with Gasteiger partial charge in [0.25, 0.3) is 0 Å². The molecular weight excluding hydrogens is 370 g/mol. The number of likely N-dealkylation sites (tertiary alicyclic amines) is 1. The Kier molecular flexibility index (Phi) is 4.61. The lowest BCUT2D eigenvalue weighted by molar-refractivity contribution is -0.118. The van der Waals surface area contributed by atoms with Gasteiger partial charge in [0, 0.05) is 24.0 Å². The summed E-state index contributed by atoms with van der Waals surface area (Å²) in [5.74, 6) is 0.0137. The smallest absolute Gasteiger partial charge is 0.356 e. The second-order valence-corrected chi connectivity index (χ2v) is 9.43. The highest BCUT2D eigenvalue weighted by molar-refractivity contribution is 6.11. The molecule has 7 nitrogen and oxygen atoms in total. The molecule has 1 saturated carbocycles. The van der Waals surface area contributed by atoms with Gasteiger partial charge in [0.1, 0.15) is 11.4 Å². The number of H-pyrrole nitrogens is 1. The van der Waals surface area contributed by atoms with Crippen LogP contribution in [-0.4, -0.2) is 55.1 Å². The fraction of sp³-hybridized carbons (Fsp3) is 0.545. The Bertz CT molecular complexity index is 977. The monoisotopic (exact) mass is 399 g/mol. The van der Waals surface area contributed by atoms with Crippen LogP contribution in [0.4, 0.5) is 5.69 Å². The molecule has 2 fully saturated rings. The van der Waals surface area contributed by atoms with Crippen molar-refractivity contribution in [2.45, 2.75) is 39.7 Å². The molecule has 0 unspecified atom stereocenters. The van der Waals surface area contributed by atoms with Crippen molar-refractivity contribution < 1.29 is 19.1 Å². The number of anilines is 1. The molecule has 0 spiro atoms. The van der Waals surface area contributed by atoms with E-state index in [0.717, 1.165) is 18.4 Å². The molecule has 1 aliphatic carbocycles. The SMILES string of the molecule is COC(=O)c1[nH]c2cc(OC)ccc2c1NC(=O)CN1C[C@@]2(C)C[C@H]1C(C)(C)C2.